The van der Waals surface area contributed by atoms with Gasteiger partial charge in [0, 0.05) is 36.0 Å². The predicted octanol–water partition coefficient (Wildman–Crippen LogP) is 3.83. The van der Waals surface area contributed by atoms with Crippen LogP contribution < -0.4 is 16.0 Å². The van der Waals surface area contributed by atoms with Crippen LogP contribution in [0.15, 0.2) is 78.9 Å². The fourth-order valence-electron chi connectivity index (χ4n) is 2.73. The maximum absolute atomic E-state index is 12.4. The van der Waals surface area contributed by atoms with Crippen LogP contribution >= 0.6 is 0 Å². The van der Waals surface area contributed by atoms with E-state index in [2.05, 4.69) is 16.0 Å². The molecule has 0 atom stereocenters. The average Bonchev–Trinajstić information content (AvgIpc) is 2.72. The zero-order chi connectivity index (χ0) is 20.6. The third kappa shape index (κ3) is 5.77. The average molecular weight is 387 g/mol. The van der Waals surface area contributed by atoms with Crippen molar-refractivity contribution in [3.05, 3.63) is 95.6 Å². The molecule has 0 spiro atoms. The van der Waals surface area contributed by atoms with Crippen molar-refractivity contribution in [1.82, 2.24) is 5.32 Å². The molecule has 0 saturated carbocycles. The van der Waals surface area contributed by atoms with Gasteiger partial charge in [0.25, 0.3) is 11.8 Å². The Morgan fingerprint density at radius 1 is 0.690 bits per heavy atom. The van der Waals surface area contributed by atoms with E-state index in [1.165, 1.54) is 6.92 Å². The Kier molecular flexibility index (Phi) is 6.37. The van der Waals surface area contributed by atoms with Crippen LogP contribution in [0.1, 0.15) is 33.2 Å². The summed E-state index contributed by atoms with van der Waals surface area (Å²) in [4.78, 5) is 35.9. The second-order valence-corrected chi connectivity index (χ2v) is 6.46. The Balaban J connectivity index is 1.60. The van der Waals surface area contributed by atoms with Gasteiger partial charge in [0.05, 0.1) is 0 Å². The van der Waals surface area contributed by atoms with Crippen LogP contribution in [0, 0.1) is 0 Å². The predicted molar refractivity (Wildman–Crippen MR) is 113 cm³/mol. The monoisotopic (exact) mass is 387 g/mol. The summed E-state index contributed by atoms with van der Waals surface area (Å²) in [6, 6.07) is 22.9. The van der Waals surface area contributed by atoms with Gasteiger partial charge in [-0.05, 0) is 48.0 Å². The van der Waals surface area contributed by atoms with Crippen molar-refractivity contribution in [1.29, 1.82) is 0 Å². The van der Waals surface area contributed by atoms with E-state index >= 15 is 0 Å². The van der Waals surface area contributed by atoms with Crippen LogP contribution in [0.3, 0.4) is 0 Å². The van der Waals surface area contributed by atoms with E-state index in [4.69, 9.17) is 0 Å². The minimum absolute atomic E-state index is 0.186. The van der Waals surface area contributed by atoms with Gasteiger partial charge in [-0.25, -0.2) is 0 Å². The van der Waals surface area contributed by atoms with Gasteiger partial charge in [-0.15, -0.1) is 0 Å². The minimum Gasteiger partial charge on any atom is -0.348 e. The van der Waals surface area contributed by atoms with Crippen molar-refractivity contribution < 1.29 is 14.4 Å². The summed E-state index contributed by atoms with van der Waals surface area (Å²) < 4.78 is 0. The summed E-state index contributed by atoms with van der Waals surface area (Å²) >= 11 is 0. The van der Waals surface area contributed by atoms with Crippen molar-refractivity contribution in [2.24, 2.45) is 0 Å². The molecule has 146 valence electrons. The maximum Gasteiger partial charge on any atom is 0.255 e. The molecule has 0 unspecified atom stereocenters. The number of carbonyl (C=O) groups is 3. The summed E-state index contributed by atoms with van der Waals surface area (Å²) in [5.74, 6) is -0.695. The standard InChI is InChI=1S/C23H21N3O3/c1-16(27)25-20-8-5-9-21(14-20)26-23(29)19-12-10-18(11-13-19)22(28)24-15-17-6-3-2-4-7-17/h2-14H,15H2,1H3,(H,24,28)(H,25,27)(H,26,29). The third-order valence-electron chi connectivity index (χ3n) is 4.15. The molecule has 0 heterocycles. The Hall–Kier alpha value is -3.93. The van der Waals surface area contributed by atoms with E-state index in [0.29, 0.717) is 29.0 Å². The zero-order valence-electron chi connectivity index (χ0n) is 15.9. The lowest BCUT2D eigenvalue weighted by atomic mass is 10.1. The smallest absolute Gasteiger partial charge is 0.255 e. The molecule has 3 rings (SSSR count). The SMILES string of the molecule is CC(=O)Nc1cccc(NC(=O)c2ccc(C(=O)NCc3ccccc3)cc2)c1. The largest absolute Gasteiger partial charge is 0.348 e. The van der Waals surface area contributed by atoms with E-state index in [0.717, 1.165) is 5.56 Å². The maximum atomic E-state index is 12.4. The van der Waals surface area contributed by atoms with Crippen LogP contribution in [0.4, 0.5) is 11.4 Å². The molecule has 0 aliphatic carbocycles. The molecular formula is C23H21N3O3. The Morgan fingerprint density at radius 3 is 1.90 bits per heavy atom. The molecule has 0 aromatic heterocycles. The van der Waals surface area contributed by atoms with Crippen LogP contribution in [-0.2, 0) is 11.3 Å². The fourth-order valence-corrected chi connectivity index (χ4v) is 2.73. The van der Waals surface area contributed by atoms with Gasteiger partial charge in [0.1, 0.15) is 0 Å². The number of anilines is 2. The van der Waals surface area contributed by atoms with Gasteiger partial charge in [-0.3, -0.25) is 14.4 Å². The normalized spacial score (nSPS) is 10.1. The molecule has 0 bridgehead atoms. The van der Waals surface area contributed by atoms with E-state index in [1.54, 1.807) is 48.5 Å². The van der Waals surface area contributed by atoms with Crippen molar-refractivity contribution in [3.63, 3.8) is 0 Å². The molecule has 3 amide bonds. The number of carbonyl (C=O) groups excluding carboxylic acids is 3. The Bertz CT molecular complexity index is 1020. The van der Waals surface area contributed by atoms with Crippen molar-refractivity contribution in [2.75, 3.05) is 10.6 Å². The molecule has 3 aromatic carbocycles. The Morgan fingerprint density at radius 2 is 1.28 bits per heavy atom. The van der Waals surface area contributed by atoms with Crippen LogP contribution in [0.5, 0.6) is 0 Å². The highest BCUT2D eigenvalue weighted by Gasteiger charge is 2.10. The molecule has 0 aliphatic rings. The van der Waals surface area contributed by atoms with Crippen LogP contribution in [-0.4, -0.2) is 17.7 Å². The zero-order valence-corrected chi connectivity index (χ0v) is 15.9. The fraction of sp³-hybridized carbons (Fsp3) is 0.0870. The number of benzene rings is 3. The molecule has 29 heavy (non-hydrogen) atoms. The lowest BCUT2D eigenvalue weighted by Crippen LogP contribution is -2.22. The summed E-state index contributed by atoms with van der Waals surface area (Å²) in [7, 11) is 0. The number of nitrogens with one attached hydrogen (secondary N) is 3. The van der Waals surface area contributed by atoms with Crippen molar-refractivity contribution >= 4 is 29.1 Å². The first-order valence-electron chi connectivity index (χ1n) is 9.12. The summed E-state index contributed by atoms with van der Waals surface area (Å²) in [5.41, 5.74) is 3.07. The van der Waals surface area contributed by atoms with Gasteiger partial charge in [0.2, 0.25) is 5.91 Å². The molecule has 3 aromatic rings. The summed E-state index contributed by atoms with van der Waals surface area (Å²) in [5, 5.41) is 8.30. The van der Waals surface area contributed by atoms with Gasteiger partial charge >= 0.3 is 0 Å². The lowest BCUT2D eigenvalue weighted by Gasteiger charge is -2.09. The first-order valence-corrected chi connectivity index (χ1v) is 9.12. The van der Waals surface area contributed by atoms with Crippen LogP contribution in [0.2, 0.25) is 0 Å². The molecule has 6 heteroatoms. The highest BCUT2D eigenvalue weighted by molar-refractivity contribution is 6.05. The summed E-state index contributed by atoms with van der Waals surface area (Å²) in [6.45, 7) is 1.86. The van der Waals surface area contributed by atoms with Gasteiger partial charge in [0.15, 0.2) is 0 Å². The van der Waals surface area contributed by atoms with E-state index in [-0.39, 0.29) is 17.7 Å². The number of amides is 3. The molecule has 0 saturated heterocycles. The quantitative estimate of drug-likeness (QED) is 0.601. The molecule has 0 fully saturated rings. The Labute approximate surface area is 169 Å². The molecule has 0 aliphatic heterocycles. The highest BCUT2D eigenvalue weighted by atomic mass is 16.2. The number of hydrogen-bond acceptors (Lipinski definition) is 3. The van der Waals surface area contributed by atoms with E-state index in [1.807, 2.05) is 30.3 Å². The van der Waals surface area contributed by atoms with Crippen molar-refractivity contribution in [3.8, 4) is 0 Å². The lowest BCUT2D eigenvalue weighted by molar-refractivity contribution is -0.114. The topological polar surface area (TPSA) is 87.3 Å². The molecular weight excluding hydrogens is 366 g/mol. The van der Waals surface area contributed by atoms with Crippen molar-refractivity contribution in [2.45, 2.75) is 13.5 Å². The first kappa shape index (κ1) is 19.8. The van der Waals surface area contributed by atoms with Gasteiger partial charge in [-0.2, -0.15) is 0 Å². The summed E-state index contributed by atoms with van der Waals surface area (Å²) in [6.07, 6.45) is 0. The first-order chi connectivity index (χ1) is 14.0. The van der Waals surface area contributed by atoms with E-state index in [9.17, 15) is 14.4 Å². The number of rotatable bonds is 6. The molecule has 3 N–H and O–H groups in total. The van der Waals surface area contributed by atoms with Gasteiger partial charge < -0.3 is 16.0 Å². The third-order valence-corrected chi connectivity index (χ3v) is 4.15. The second kappa shape index (κ2) is 9.32. The highest BCUT2D eigenvalue weighted by Crippen LogP contribution is 2.16. The molecule has 0 radical (unpaired) electrons. The number of hydrogen-bond donors (Lipinski definition) is 3. The van der Waals surface area contributed by atoms with Gasteiger partial charge in [-0.1, -0.05) is 36.4 Å². The van der Waals surface area contributed by atoms with E-state index < -0.39 is 0 Å². The second-order valence-electron chi connectivity index (χ2n) is 6.46. The van der Waals surface area contributed by atoms with Crippen LogP contribution in [0.25, 0.3) is 0 Å². The molecule has 6 nitrogen and oxygen atoms in total. The minimum atomic E-state index is -0.304.